The summed E-state index contributed by atoms with van der Waals surface area (Å²) in [7, 11) is 0. The second-order valence-electron chi connectivity index (χ2n) is 6.51. The van der Waals surface area contributed by atoms with Crippen LogP contribution in [-0.4, -0.2) is 6.54 Å². The fraction of sp³-hybridized carbons (Fsp3) is 0.368. The van der Waals surface area contributed by atoms with Crippen LogP contribution in [0, 0.1) is 6.92 Å². The van der Waals surface area contributed by atoms with Gasteiger partial charge < -0.3 is 5.73 Å². The van der Waals surface area contributed by atoms with E-state index < -0.39 is 0 Å². The van der Waals surface area contributed by atoms with Crippen LogP contribution < -0.4 is 5.73 Å². The molecule has 0 aliphatic carbocycles. The summed E-state index contributed by atoms with van der Waals surface area (Å²) < 4.78 is 0. The number of hydrogen-bond donors (Lipinski definition) is 1. The van der Waals surface area contributed by atoms with Crippen molar-refractivity contribution in [2.75, 3.05) is 6.54 Å². The van der Waals surface area contributed by atoms with Gasteiger partial charge in [0.1, 0.15) is 0 Å². The Morgan fingerprint density at radius 3 is 2.19 bits per heavy atom. The molecular weight excluding hydrogens is 274 g/mol. The second kappa shape index (κ2) is 6.67. The molecule has 2 heteroatoms. The summed E-state index contributed by atoms with van der Waals surface area (Å²) in [5.74, 6) is 0. The van der Waals surface area contributed by atoms with Crippen molar-refractivity contribution in [2.24, 2.45) is 5.73 Å². The molecule has 1 nitrogen and oxygen atoms in total. The first-order valence-corrected chi connectivity index (χ1v) is 8.30. The Kier molecular flexibility index (Phi) is 5.13. The molecule has 0 saturated heterocycles. The second-order valence-corrected chi connectivity index (χ2v) is 7.63. The van der Waals surface area contributed by atoms with E-state index in [4.69, 9.17) is 5.73 Å². The van der Waals surface area contributed by atoms with Gasteiger partial charge in [-0.15, -0.1) is 0 Å². The summed E-state index contributed by atoms with van der Waals surface area (Å²) in [6.07, 6.45) is 0.950. The van der Waals surface area contributed by atoms with Gasteiger partial charge in [-0.3, -0.25) is 0 Å². The van der Waals surface area contributed by atoms with E-state index in [2.05, 4.69) is 70.2 Å². The minimum Gasteiger partial charge on any atom is -0.330 e. The molecule has 0 fully saturated rings. The normalized spacial score (nSPS) is 11.7. The third-order valence-corrected chi connectivity index (χ3v) is 4.81. The monoisotopic (exact) mass is 299 g/mol. The van der Waals surface area contributed by atoms with Crippen LogP contribution in [0.2, 0.25) is 0 Å². The zero-order chi connectivity index (χ0) is 15.5. The number of nitrogens with two attached hydrogens (primary N) is 1. The van der Waals surface area contributed by atoms with Gasteiger partial charge in [-0.25, -0.2) is 0 Å². The largest absolute Gasteiger partial charge is 0.330 e. The molecule has 0 saturated carbocycles. The molecule has 0 aliphatic heterocycles. The topological polar surface area (TPSA) is 26.0 Å². The summed E-state index contributed by atoms with van der Waals surface area (Å²) in [5, 5.41) is 0. The van der Waals surface area contributed by atoms with Gasteiger partial charge in [0.2, 0.25) is 0 Å². The van der Waals surface area contributed by atoms with Crippen LogP contribution in [0.4, 0.5) is 0 Å². The minimum absolute atomic E-state index is 0.211. The molecule has 2 aromatic rings. The Bertz CT molecular complexity index is 594. The lowest BCUT2D eigenvalue weighted by molar-refractivity contribution is 0.590. The molecule has 0 spiro atoms. The molecule has 0 amide bonds. The van der Waals surface area contributed by atoms with E-state index in [0.717, 1.165) is 6.42 Å². The Labute approximate surface area is 133 Å². The van der Waals surface area contributed by atoms with E-state index in [-0.39, 0.29) is 5.41 Å². The van der Waals surface area contributed by atoms with Crippen molar-refractivity contribution in [1.29, 1.82) is 0 Å². The highest BCUT2D eigenvalue weighted by Gasteiger charge is 2.13. The molecule has 0 aromatic heterocycles. The van der Waals surface area contributed by atoms with E-state index in [9.17, 15) is 0 Å². The molecule has 0 atom stereocenters. The third-order valence-electron chi connectivity index (χ3n) is 3.62. The van der Waals surface area contributed by atoms with Crippen LogP contribution in [0.5, 0.6) is 0 Å². The maximum absolute atomic E-state index is 5.62. The van der Waals surface area contributed by atoms with Crippen molar-refractivity contribution < 1.29 is 0 Å². The van der Waals surface area contributed by atoms with Crippen molar-refractivity contribution >= 4 is 11.8 Å². The lowest BCUT2D eigenvalue weighted by atomic mass is 9.87. The van der Waals surface area contributed by atoms with Crippen molar-refractivity contribution in [3.63, 3.8) is 0 Å². The van der Waals surface area contributed by atoms with Gasteiger partial charge in [-0.2, -0.15) is 0 Å². The molecule has 0 bridgehead atoms. The van der Waals surface area contributed by atoms with Crippen LogP contribution in [0.1, 0.15) is 37.5 Å². The average molecular weight is 299 g/mol. The molecule has 2 N–H and O–H groups in total. The molecule has 112 valence electrons. The Morgan fingerprint density at radius 1 is 1.00 bits per heavy atom. The van der Waals surface area contributed by atoms with Gasteiger partial charge in [0, 0.05) is 9.79 Å². The van der Waals surface area contributed by atoms with E-state index in [1.807, 2.05) is 11.8 Å². The zero-order valence-corrected chi connectivity index (χ0v) is 14.3. The van der Waals surface area contributed by atoms with E-state index in [1.165, 1.54) is 26.5 Å². The summed E-state index contributed by atoms with van der Waals surface area (Å²) in [4.78, 5) is 2.61. The Hall–Kier alpha value is -1.25. The number of benzene rings is 2. The fourth-order valence-electron chi connectivity index (χ4n) is 2.30. The van der Waals surface area contributed by atoms with Gasteiger partial charge in [-0.05, 0) is 60.2 Å². The molecule has 21 heavy (non-hydrogen) atoms. The first-order chi connectivity index (χ1) is 9.90. The standard InChI is InChI=1S/C19H25NS/c1-14-13-15(11-12-20)5-10-18(14)21-17-8-6-16(7-9-17)19(2,3)4/h5-10,13H,11-12,20H2,1-4H3. The maximum Gasteiger partial charge on any atom is 0.0151 e. The third kappa shape index (κ3) is 4.36. The highest BCUT2D eigenvalue weighted by molar-refractivity contribution is 7.99. The predicted octanol–water partition coefficient (Wildman–Crippen LogP) is 4.94. The van der Waals surface area contributed by atoms with E-state index in [1.54, 1.807) is 0 Å². The van der Waals surface area contributed by atoms with E-state index in [0.29, 0.717) is 6.54 Å². The maximum atomic E-state index is 5.62. The summed E-state index contributed by atoms with van der Waals surface area (Å²) in [6.45, 7) is 9.62. The highest BCUT2D eigenvalue weighted by Crippen LogP contribution is 2.32. The van der Waals surface area contributed by atoms with Crippen molar-refractivity contribution in [3.8, 4) is 0 Å². The predicted molar refractivity (Wildman–Crippen MR) is 93.2 cm³/mol. The Balaban J connectivity index is 2.15. The first kappa shape index (κ1) is 16.1. The molecule has 2 aromatic carbocycles. The number of aryl methyl sites for hydroxylation is 1. The van der Waals surface area contributed by atoms with Crippen molar-refractivity contribution in [2.45, 2.75) is 49.3 Å². The van der Waals surface area contributed by atoms with Gasteiger partial charge in [0.15, 0.2) is 0 Å². The summed E-state index contributed by atoms with van der Waals surface area (Å²) in [6, 6.07) is 15.6. The lowest BCUT2D eigenvalue weighted by Gasteiger charge is -2.19. The summed E-state index contributed by atoms with van der Waals surface area (Å²) in [5.41, 5.74) is 9.85. The smallest absolute Gasteiger partial charge is 0.0151 e. The molecule has 0 heterocycles. The van der Waals surface area contributed by atoms with Gasteiger partial charge in [-0.1, -0.05) is 56.8 Å². The average Bonchev–Trinajstić information content (AvgIpc) is 2.42. The van der Waals surface area contributed by atoms with Crippen LogP contribution in [0.3, 0.4) is 0 Å². The molecule has 0 aliphatic rings. The molecule has 2 rings (SSSR count). The number of hydrogen-bond acceptors (Lipinski definition) is 2. The van der Waals surface area contributed by atoms with Crippen LogP contribution in [-0.2, 0) is 11.8 Å². The van der Waals surface area contributed by atoms with Gasteiger partial charge >= 0.3 is 0 Å². The van der Waals surface area contributed by atoms with Gasteiger partial charge in [0.05, 0.1) is 0 Å². The first-order valence-electron chi connectivity index (χ1n) is 7.48. The van der Waals surface area contributed by atoms with Crippen LogP contribution >= 0.6 is 11.8 Å². The Morgan fingerprint density at radius 2 is 1.67 bits per heavy atom. The molecule has 0 unspecified atom stereocenters. The van der Waals surface area contributed by atoms with Crippen molar-refractivity contribution in [1.82, 2.24) is 0 Å². The van der Waals surface area contributed by atoms with Crippen LogP contribution in [0.15, 0.2) is 52.3 Å². The van der Waals surface area contributed by atoms with Crippen LogP contribution in [0.25, 0.3) is 0 Å². The number of rotatable bonds is 4. The van der Waals surface area contributed by atoms with Crippen molar-refractivity contribution in [3.05, 3.63) is 59.2 Å². The summed E-state index contributed by atoms with van der Waals surface area (Å²) >= 11 is 1.83. The SMILES string of the molecule is Cc1cc(CCN)ccc1Sc1ccc(C(C)(C)C)cc1. The molecule has 0 radical (unpaired) electrons. The fourth-order valence-corrected chi connectivity index (χ4v) is 3.18. The lowest BCUT2D eigenvalue weighted by Crippen LogP contribution is -2.10. The molecular formula is C19H25NS. The van der Waals surface area contributed by atoms with E-state index >= 15 is 0 Å². The van der Waals surface area contributed by atoms with Gasteiger partial charge in [0.25, 0.3) is 0 Å². The minimum atomic E-state index is 0.211. The quantitative estimate of drug-likeness (QED) is 0.865. The highest BCUT2D eigenvalue weighted by atomic mass is 32.2. The zero-order valence-electron chi connectivity index (χ0n) is 13.4.